The maximum atomic E-state index is 12.6. The van der Waals surface area contributed by atoms with Crippen molar-refractivity contribution in [1.29, 1.82) is 0 Å². The number of halogens is 2. The van der Waals surface area contributed by atoms with Crippen molar-refractivity contribution >= 4 is 40.9 Å². The number of carbonyl (C=O) groups is 1. The van der Waals surface area contributed by atoms with Crippen molar-refractivity contribution in [1.82, 2.24) is 9.80 Å². The van der Waals surface area contributed by atoms with Crippen LogP contribution >= 0.6 is 23.2 Å². The predicted octanol–water partition coefficient (Wildman–Crippen LogP) is 4.65. The highest BCUT2D eigenvalue weighted by molar-refractivity contribution is 6.44. The molecule has 1 unspecified atom stereocenters. The molecule has 28 heavy (non-hydrogen) atoms. The molecule has 6 heteroatoms. The van der Waals surface area contributed by atoms with Crippen LogP contribution in [0.4, 0.5) is 5.69 Å². The van der Waals surface area contributed by atoms with E-state index in [9.17, 15) is 4.79 Å². The van der Waals surface area contributed by atoms with E-state index in [0.717, 1.165) is 32.7 Å². The Bertz CT molecular complexity index is 818. The van der Waals surface area contributed by atoms with E-state index < -0.39 is 0 Å². The van der Waals surface area contributed by atoms with E-state index >= 15 is 0 Å². The summed E-state index contributed by atoms with van der Waals surface area (Å²) in [5.41, 5.74) is 1.77. The number of rotatable bonds is 6. The van der Waals surface area contributed by atoms with Gasteiger partial charge in [-0.1, -0.05) is 71.8 Å². The minimum Gasteiger partial charge on any atom is -0.323 e. The second-order valence-electron chi connectivity index (χ2n) is 6.92. The Balaban J connectivity index is 1.46. The zero-order chi connectivity index (χ0) is 19.9. The number of piperazine rings is 1. The van der Waals surface area contributed by atoms with Gasteiger partial charge < -0.3 is 5.32 Å². The lowest BCUT2D eigenvalue weighted by Gasteiger charge is -2.37. The van der Waals surface area contributed by atoms with Crippen molar-refractivity contribution in [3.8, 4) is 0 Å². The van der Waals surface area contributed by atoms with Crippen molar-refractivity contribution < 1.29 is 4.79 Å². The van der Waals surface area contributed by atoms with Crippen LogP contribution in [-0.4, -0.2) is 54.5 Å². The topological polar surface area (TPSA) is 35.6 Å². The first-order chi connectivity index (χ1) is 13.5. The third-order valence-corrected chi connectivity index (χ3v) is 5.84. The van der Waals surface area contributed by atoms with Crippen molar-refractivity contribution in [3.05, 3.63) is 70.2 Å². The van der Waals surface area contributed by atoms with E-state index in [1.54, 1.807) is 18.2 Å². The lowest BCUT2D eigenvalue weighted by atomic mass is 10.2. The maximum absolute atomic E-state index is 12.6. The minimum atomic E-state index is -0.225. The van der Waals surface area contributed by atoms with Crippen LogP contribution in [0.5, 0.6) is 0 Å². The van der Waals surface area contributed by atoms with Gasteiger partial charge in [0.25, 0.3) is 0 Å². The number of hydrogen-bond acceptors (Lipinski definition) is 3. The van der Waals surface area contributed by atoms with Crippen LogP contribution in [0.1, 0.15) is 12.5 Å². The summed E-state index contributed by atoms with van der Waals surface area (Å²) in [5.74, 6) is -0.0680. The summed E-state index contributed by atoms with van der Waals surface area (Å²) in [7, 11) is 0. The molecule has 1 aliphatic heterocycles. The summed E-state index contributed by atoms with van der Waals surface area (Å²) in [6.45, 7) is 6.44. The Morgan fingerprint density at radius 2 is 1.79 bits per heavy atom. The first kappa shape index (κ1) is 20.9. The Kier molecular flexibility index (Phi) is 7.51. The number of carbonyl (C=O) groups excluding carboxylic acids is 1. The standard InChI is InChI=1S/C22H25Cl2N3O/c1-17(22(28)25-20-11-5-10-19(23)21(20)24)27-15-13-26(14-16-27)12-6-9-18-7-3-2-4-8-18/h2-11,17H,12-16H2,1H3,(H,25,28)/b9-6+. The quantitative estimate of drug-likeness (QED) is 0.742. The lowest BCUT2D eigenvalue weighted by Crippen LogP contribution is -2.52. The number of nitrogens with zero attached hydrogens (tertiary/aromatic N) is 2. The zero-order valence-corrected chi connectivity index (χ0v) is 17.5. The molecule has 0 spiro atoms. The number of nitrogens with one attached hydrogen (secondary N) is 1. The molecule has 1 atom stereocenters. The van der Waals surface area contributed by atoms with Gasteiger partial charge in [-0.25, -0.2) is 0 Å². The molecule has 4 nitrogen and oxygen atoms in total. The average Bonchev–Trinajstić information content (AvgIpc) is 2.72. The Labute approximate surface area is 176 Å². The van der Waals surface area contributed by atoms with Gasteiger partial charge in [0.15, 0.2) is 0 Å². The number of benzene rings is 2. The van der Waals surface area contributed by atoms with E-state index in [0.29, 0.717) is 15.7 Å². The summed E-state index contributed by atoms with van der Waals surface area (Å²) in [5, 5.41) is 3.70. The van der Waals surface area contributed by atoms with Gasteiger partial charge in [-0.3, -0.25) is 14.6 Å². The molecule has 1 amide bonds. The summed E-state index contributed by atoms with van der Waals surface area (Å²) >= 11 is 12.2. The minimum absolute atomic E-state index is 0.0680. The molecule has 1 N–H and O–H groups in total. The second kappa shape index (κ2) is 10.1. The average molecular weight is 418 g/mol. The second-order valence-corrected chi connectivity index (χ2v) is 7.70. The van der Waals surface area contributed by atoms with Crippen molar-refractivity contribution in [3.63, 3.8) is 0 Å². The SMILES string of the molecule is CC(C(=O)Nc1cccc(Cl)c1Cl)N1CCN(C/C=C/c2ccccc2)CC1. The van der Waals surface area contributed by atoms with Gasteiger partial charge in [0.05, 0.1) is 21.8 Å². The Morgan fingerprint density at radius 1 is 1.07 bits per heavy atom. The van der Waals surface area contributed by atoms with E-state index in [4.69, 9.17) is 23.2 Å². The third-order valence-electron chi connectivity index (χ3n) is 5.02. The monoisotopic (exact) mass is 417 g/mol. The molecule has 1 aliphatic rings. The van der Waals surface area contributed by atoms with Crippen LogP contribution in [0.25, 0.3) is 6.08 Å². The van der Waals surface area contributed by atoms with Crippen LogP contribution in [0, 0.1) is 0 Å². The molecule has 148 valence electrons. The van der Waals surface area contributed by atoms with E-state index in [2.05, 4.69) is 39.4 Å². The van der Waals surface area contributed by atoms with Gasteiger partial charge in [-0.15, -0.1) is 0 Å². The van der Waals surface area contributed by atoms with E-state index in [-0.39, 0.29) is 11.9 Å². The fourth-order valence-electron chi connectivity index (χ4n) is 3.24. The molecule has 0 saturated carbocycles. The molecule has 0 aliphatic carbocycles. The summed E-state index contributed by atoms with van der Waals surface area (Å²) in [6, 6.07) is 15.3. The molecule has 0 radical (unpaired) electrons. The number of amides is 1. The van der Waals surface area contributed by atoms with Crippen LogP contribution < -0.4 is 5.32 Å². The van der Waals surface area contributed by atoms with Gasteiger partial charge in [0, 0.05) is 32.7 Å². The van der Waals surface area contributed by atoms with Gasteiger partial charge >= 0.3 is 0 Å². The molecule has 0 bridgehead atoms. The molecule has 2 aromatic rings. The van der Waals surface area contributed by atoms with Crippen molar-refractivity contribution in [2.24, 2.45) is 0 Å². The molecule has 2 aromatic carbocycles. The molecule has 3 rings (SSSR count). The molecular formula is C22H25Cl2N3O. The Hall–Kier alpha value is -1.85. The molecular weight excluding hydrogens is 393 g/mol. The molecule has 1 heterocycles. The fourth-order valence-corrected chi connectivity index (χ4v) is 3.59. The predicted molar refractivity (Wildman–Crippen MR) is 118 cm³/mol. The van der Waals surface area contributed by atoms with E-state index in [1.165, 1.54) is 5.56 Å². The molecule has 1 saturated heterocycles. The van der Waals surface area contributed by atoms with Crippen LogP contribution in [0.3, 0.4) is 0 Å². The molecule has 0 aromatic heterocycles. The normalized spacial score (nSPS) is 17.0. The highest BCUT2D eigenvalue weighted by Crippen LogP contribution is 2.29. The number of hydrogen-bond donors (Lipinski definition) is 1. The first-order valence-corrected chi connectivity index (χ1v) is 10.2. The lowest BCUT2D eigenvalue weighted by molar-refractivity contribution is -0.121. The van der Waals surface area contributed by atoms with Gasteiger partial charge in [0.1, 0.15) is 0 Å². The zero-order valence-electron chi connectivity index (χ0n) is 15.9. The van der Waals surface area contributed by atoms with Crippen molar-refractivity contribution in [2.45, 2.75) is 13.0 Å². The highest BCUT2D eigenvalue weighted by Gasteiger charge is 2.25. The smallest absolute Gasteiger partial charge is 0.241 e. The summed E-state index contributed by atoms with van der Waals surface area (Å²) < 4.78 is 0. The fraction of sp³-hybridized carbons (Fsp3) is 0.318. The van der Waals surface area contributed by atoms with Gasteiger partial charge in [-0.05, 0) is 24.6 Å². The number of anilines is 1. The first-order valence-electron chi connectivity index (χ1n) is 9.47. The van der Waals surface area contributed by atoms with Crippen LogP contribution in [0.2, 0.25) is 10.0 Å². The maximum Gasteiger partial charge on any atom is 0.241 e. The third kappa shape index (κ3) is 5.58. The summed E-state index contributed by atoms with van der Waals surface area (Å²) in [6.07, 6.45) is 4.35. The van der Waals surface area contributed by atoms with Gasteiger partial charge in [-0.2, -0.15) is 0 Å². The van der Waals surface area contributed by atoms with Crippen LogP contribution in [-0.2, 0) is 4.79 Å². The Morgan fingerprint density at radius 3 is 2.50 bits per heavy atom. The van der Waals surface area contributed by atoms with Crippen LogP contribution in [0.15, 0.2) is 54.6 Å². The summed E-state index contributed by atoms with van der Waals surface area (Å²) in [4.78, 5) is 17.2. The molecule has 1 fully saturated rings. The van der Waals surface area contributed by atoms with Crippen molar-refractivity contribution in [2.75, 3.05) is 38.0 Å². The van der Waals surface area contributed by atoms with E-state index in [1.807, 2.05) is 25.1 Å². The van der Waals surface area contributed by atoms with Gasteiger partial charge in [0.2, 0.25) is 5.91 Å². The largest absolute Gasteiger partial charge is 0.323 e. The highest BCUT2D eigenvalue weighted by atomic mass is 35.5.